The molecule has 0 atom stereocenters. The van der Waals surface area contributed by atoms with E-state index in [9.17, 15) is 9.59 Å². The molecule has 0 spiro atoms. The molecule has 1 saturated carbocycles. The second-order valence-corrected chi connectivity index (χ2v) is 5.59. The molecule has 0 unspecified atom stereocenters. The first kappa shape index (κ1) is 13.4. The first-order chi connectivity index (χ1) is 9.66. The monoisotopic (exact) mass is 293 g/mol. The number of amides is 2. The number of aromatic nitrogens is 1. The van der Waals surface area contributed by atoms with Crippen molar-refractivity contribution in [2.45, 2.75) is 12.8 Å². The summed E-state index contributed by atoms with van der Waals surface area (Å²) >= 11 is 5.94. The number of nitrogens with zero attached hydrogens (tertiary/aromatic N) is 3. The second-order valence-electron chi connectivity index (χ2n) is 5.23. The molecule has 1 aliphatic carbocycles. The summed E-state index contributed by atoms with van der Waals surface area (Å²) in [6.45, 7) is 2.34. The first-order valence-electron chi connectivity index (χ1n) is 6.85. The minimum atomic E-state index is -0.110. The van der Waals surface area contributed by atoms with E-state index in [1.54, 1.807) is 23.2 Å². The lowest BCUT2D eigenvalue weighted by atomic mass is 10.2. The predicted octanol–water partition coefficient (Wildman–Crippen LogP) is 1.43. The standard InChI is InChI=1S/C14H16ClN3O2/c15-12-11(2-1-5-16-12)14(20)18-8-6-17(7-9-18)13(19)10-3-4-10/h1-2,5,10H,3-4,6-9H2. The van der Waals surface area contributed by atoms with E-state index in [-0.39, 0.29) is 22.9 Å². The van der Waals surface area contributed by atoms with Crippen molar-refractivity contribution < 1.29 is 9.59 Å². The fraction of sp³-hybridized carbons (Fsp3) is 0.500. The molecular weight excluding hydrogens is 278 g/mol. The van der Waals surface area contributed by atoms with Gasteiger partial charge in [-0.15, -0.1) is 0 Å². The number of pyridine rings is 1. The highest BCUT2D eigenvalue weighted by atomic mass is 35.5. The Kier molecular flexibility index (Phi) is 3.61. The van der Waals surface area contributed by atoms with Gasteiger partial charge in [0.2, 0.25) is 5.91 Å². The highest BCUT2D eigenvalue weighted by Crippen LogP contribution is 2.31. The van der Waals surface area contributed by atoms with Crippen molar-refractivity contribution in [3.8, 4) is 0 Å². The quantitative estimate of drug-likeness (QED) is 0.775. The number of carbonyl (C=O) groups excluding carboxylic acids is 2. The first-order valence-corrected chi connectivity index (χ1v) is 7.23. The molecule has 6 heteroatoms. The fourth-order valence-corrected chi connectivity index (χ4v) is 2.63. The van der Waals surface area contributed by atoms with Gasteiger partial charge in [0.15, 0.2) is 0 Å². The number of carbonyl (C=O) groups is 2. The summed E-state index contributed by atoms with van der Waals surface area (Å²) in [5.74, 6) is 0.378. The maximum atomic E-state index is 12.3. The Bertz CT molecular complexity index is 537. The van der Waals surface area contributed by atoms with Crippen molar-refractivity contribution >= 4 is 23.4 Å². The number of rotatable bonds is 2. The molecule has 2 heterocycles. The Hall–Kier alpha value is -1.62. The number of halogens is 1. The van der Waals surface area contributed by atoms with Crippen LogP contribution in [0.15, 0.2) is 18.3 Å². The van der Waals surface area contributed by atoms with Crippen molar-refractivity contribution in [2.75, 3.05) is 26.2 Å². The predicted molar refractivity (Wildman–Crippen MR) is 74.5 cm³/mol. The van der Waals surface area contributed by atoms with E-state index < -0.39 is 0 Å². The van der Waals surface area contributed by atoms with E-state index in [2.05, 4.69) is 4.98 Å². The number of hydrogen-bond acceptors (Lipinski definition) is 3. The van der Waals surface area contributed by atoms with Gasteiger partial charge in [-0.3, -0.25) is 9.59 Å². The van der Waals surface area contributed by atoms with E-state index in [1.165, 1.54) is 0 Å². The van der Waals surface area contributed by atoms with Gasteiger partial charge in [0, 0.05) is 38.3 Å². The Labute approximate surface area is 122 Å². The van der Waals surface area contributed by atoms with E-state index in [0.29, 0.717) is 31.7 Å². The Morgan fingerprint density at radius 1 is 1.15 bits per heavy atom. The number of piperazine rings is 1. The maximum Gasteiger partial charge on any atom is 0.257 e. The lowest BCUT2D eigenvalue weighted by Gasteiger charge is -2.35. The molecule has 2 aliphatic rings. The van der Waals surface area contributed by atoms with Gasteiger partial charge in [0.1, 0.15) is 5.15 Å². The zero-order valence-corrected chi connectivity index (χ0v) is 11.8. The van der Waals surface area contributed by atoms with Gasteiger partial charge in [0.05, 0.1) is 5.56 Å². The maximum absolute atomic E-state index is 12.3. The molecule has 1 aromatic heterocycles. The van der Waals surface area contributed by atoms with Crippen LogP contribution in [0, 0.1) is 5.92 Å². The molecule has 0 bridgehead atoms. The smallest absolute Gasteiger partial charge is 0.257 e. The van der Waals surface area contributed by atoms with Crippen LogP contribution in [0.25, 0.3) is 0 Å². The SMILES string of the molecule is O=C(c1cccnc1Cl)N1CCN(C(=O)C2CC2)CC1. The zero-order chi connectivity index (χ0) is 14.1. The average molecular weight is 294 g/mol. The van der Waals surface area contributed by atoms with Crippen molar-refractivity contribution in [2.24, 2.45) is 5.92 Å². The molecule has 0 radical (unpaired) electrons. The summed E-state index contributed by atoms with van der Waals surface area (Å²) in [6.07, 6.45) is 3.60. The molecule has 2 amide bonds. The summed E-state index contributed by atoms with van der Waals surface area (Å²) in [5.41, 5.74) is 0.427. The van der Waals surface area contributed by atoms with Gasteiger partial charge in [-0.1, -0.05) is 11.6 Å². The highest BCUT2D eigenvalue weighted by molar-refractivity contribution is 6.32. The summed E-state index contributed by atoms with van der Waals surface area (Å²) in [7, 11) is 0. The van der Waals surface area contributed by atoms with Crippen LogP contribution in [0.1, 0.15) is 23.2 Å². The van der Waals surface area contributed by atoms with Crippen molar-refractivity contribution in [1.82, 2.24) is 14.8 Å². The van der Waals surface area contributed by atoms with Crippen molar-refractivity contribution in [1.29, 1.82) is 0 Å². The zero-order valence-electron chi connectivity index (χ0n) is 11.1. The van der Waals surface area contributed by atoms with Gasteiger partial charge in [-0.25, -0.2) is 4.98 Å². The van der Waals surface area contributed by atoms with Crippen LogP contribution in [0.4, 0.5) is 0 Å². The highest BCUT2D eigenvalue weighted by Gasteiger charge is 2.35. The van der Waals surface area contributed by atoms with E-state index in [1.807, 2.05) is 4.90 Å². The van der Waals surface area contributed by atoms with Crippen LogP contribution in [0.3, 0.4) is 0 Å². The molecule has 20 heavy (non-hydrogen) atoms. The Morgan fingerprint density at radius 3 is 2.40 bits per heavy atom. The lowest BCUT2D eigenvalue weighted by molar-refractivity contribution is -0.134. The molecule has 106 valence electrons. The largest absolute Gasteiger partial charge is 0.339 e. The molecule has 0 N–H and O–H groups in total. The van der Waals surface area contributed by atoms with Crippen LogP contribution in [0.2, 0.25) is 5.15 Å². The minimum Gasteiger partial charge on any atom is -0.339 e. The van der Waals surface area contributed by atoms with Crippen LogP contribution >= 0.6 is 11.6 Å². The van der Waals surface area contributed by atoms with Gasteiger partial charge >= 0.3 is 0 Å². The van der Waals surface area contributed by atoms with E-state index in [0.717, 1.165) is 12.8 Å². The third kappa shape index (κ3) is 2.63. The summed E-state index contributed by atoms with van der Waals surface area (Å²) in [5, 5.41) is 0.231. The third-order valence-electron chi connectivity index (χ3n) is 3.79. The van der Waals surface area contributed by atoms with Gasteiger partial charge in [-0.05, 0) is 25.0 Å². The summed E-state index contributed by atoms with van der Waals surface area (Å²) in [4.78, 5) is 31.8. The fourth-order valence-electron chi connectivity index (χ4n) is 2.43. The molecule has 1 aliphatic heterocycles. The normalized spacial score (nSPS) is 19.1. The topological polar surface area (TPSA) is 53.5 Å². The Balaban J connectivity index is 1.61. The van der Waals surface area contributed by atoms with Crippen molar-refractivity contribution in [3.63, 3.8) is 0 Å². The molecule has 2 fully saturated rings. The Morgan fingerprint density at radius 2 is 1.80 bits per heavy atom. The minimum absolute atomic E-state index is 0.110. The van der Waals surface area contributed by atoms with Gasteiger partial charge < -0.3 is 9.80 Å². The third-order valence-corrected chi connectivity index (χ3v) is 4.10. The van der Waals surface area contributed by atoms with Crippen LogP contribution in [-0.2, 0) is 4.79 Å². The van der Waals surface area contributed by atoms with Gasteiger partial charge in [0.25, 0.3) is 5.91 Å². The second kappa shape index (κ2) is 5.40. The summed E-state index contributed by atoms with van der Waals surface area (Å²) < 4.78 is 0. The average Bonchev–Trinajstić information content (AvgIpc) is 3.31. The molecule has 3 rings (SSSR count). The van der Waals surface area contributed by atoms with Crippen LogP contribution in [-0.4, -0.2) is 52.8 Å². The summed E-state index contributed by atoms with van der Waals surface area (Å²) in [6, 6.07) is 3.38. The molecular formula is C14H16ClN3O2. The molecule has 0 aromatic carbocycles. The lowest BCUT2D eigenvalue weighted by Crippen LogP contribution is -2.51. The van der Waals surface area contributed by atoms with Crippen molar-refractivity contribution in [3.05, 3.63) is 29.0 Å². The molecule has 5 nitrogen and oxygen atoms in total. The van der Waals surface area contributed by atoms with E-state index >= 15 is 0 Å². The van der Waals surface area contributed by atoms with Crippen LogP contribution in [0.5, 0.6) is 0 Å². The number of hydrogen-bond donors (Lipinski definition) is 0. The molecule has 1 aromatic rings. The van der Waals surface area contributed by atoms with Crippen LogP contribution < -0.4 is 0 Å². The van der Waals surface area contributed by atoms with Gasteiger partial charge in [-0.2, -0.15) is 0 Å². The molecule has 1 saturated heterocycles. The van der Waals surface area contributed by atoms with E-state index in [4.69, 9.17) is 11.6 Å².